The molecule has 0 aliphatic heterocycles. The zero-order valence-corrected chi connectivity index (χ0v) is 31.7. The van der Waals surface area contributed by atoms with Crippen LogP contribution in [-0.2, 0) is 26.5 Å². The Kier molecular flexibility index (Phi) is 10.4. The molecule has 6 aromatic rings. The molecular weight excluding hydrogens is 798 g/mol. The molecule has 7 heteroatoms. The molecule has 0 unspecified atom stereocenters. The molecule has 2 aromatic carbocycles. The van der Waals surface area contributed by atoms with Crippen molar-refractivity contribution in [2.24, 2.45) is 5.41 Å². The fourth-order valence-corrected chi connectivity index (χ4v) is 8.62. The summed E-state index contributed by atoms with van der Waals surface area (Å²) in [5, 5.41) is 1.82. The van der Waals surface area contributed by atoms with Gasteiger partial charge in [-0.15, -0.1) is 18.2 Å². The predicted octanol–water partition coefficient (Wildman–Crippen LogP) is 9.79. The molecule has 0 spiro atoms. The van der Waals surface area contributed by atoms with Gasteiger partial charge in [-0.3, -0.25) is 0 Å². The molecule has 45 heavy (non-hydrogen) atoms. The molecule has 0 atom stereocenters. The smallest absolute Gasteiger partial charge is 0.216 e. The first-order valence-electron chi connectivity index (χ1n) is 15.4. The molecule has 0 saturated heterocycles. The second-order valence-corrected chi connectivity index (χ2v) is 24.2. The zero-order chi connectivity index (χ0) is 32.6. The summed E-state index contributed by atoms with van der Waals surface area (Å²) in [6.45, 7) is 10.2. The number of nitrogens with zero attached hydrogens (tertiary/aromatic N) is 3. The average Bonchev–Trinajstić information content (AvgIpc) is 3.35. The number of hydrogen-bond donors (Lipinski definition) is 0. The van der Waals surface area contributed by atoms with Crippen molar-refractivity contribution < 1.29 is 30.3 Å². The second kappa shape index (κ2) is 14.1. The standard InChI is InChI=1S/C19H14FN2O.C19H26GeN.Ir/c1-11(2)15-9-17(22-10-16(15)20)14-6-3-5-12-13-7-4-8-21-19(13)23-18(12)14;1-19(2,3)13-16-12-18(15-10-8-7-9-11-15)21-14-17(16)20(4,5)6;/h3-5,7-11H,1-2H3;7-10,12,14H,13H2,1-6H3;/q2*-1;/i11D;;. The quantitative estimate of drug-likeness (QED) is 0.128. The first-order valence-corrected chi connectivity index (χ1v) is 22.3. The summed E-state index contributed by atoms with van der Waals surface area (Å²) in [6.07, 6.45) is 6.06. The van der Waals surface area contributed by atoms with Gasteiger partial charge in [-0.05, 0) is 29.3 Å². The molecule has 0 aliphatic rings. The number of hydrogen-bond acceptors (Lipinski definition) is 4. The molecular formula is C38H40FGeIrN3O-2. The average molecular weight is 840 g/mol. The van der Waals surface area contributed by atoms with E-state index in [4.69, 9.17) is 10.8 Å². The van der Waals surface area contributed by atoms with E-state index in [0.29, 0.717) is 28.0 Å². The van der Waals surface area contributed by atoms with Gasteiger partial charge in [-0.25, -0.2) is 9.37 Å². The van der Waals surface area contributed by atoms with Crippen LogP contribution < -0.4 is 4.40 Å². The number of furan rings is 1. The van der Waals surface area contributed by atoms with E-state index in [9.17, 15) is 4.39 Å². The van der Waals surface area contributed by atoms with Crippen LogP contribution in [0.4, 0.5) is 4.39 Å². The van der Waals surface area contributed by atoms with Crippen LogP contribution in [0.1, 0.15) is 53.0 Å². The number of pyridine rings is 3. The zero-order valence-electron chi connectivity index (χ0n) is 28.2. The predicted molar refractivity (Wildman–Crippen MR) is 182 cm³/mol. The van der Waals surface area contributed by atoms with Gasteiger partial charge in [0.05, 0.1) is 11.8 Å². The fraction of sp³-hybridized carbons (Fsp3) is 0.289. The van der Waals surface area contributed by atoms with Crippen molar-refractivity contribution >= 4 is 39.7 Å². The minimum absolute atomic E-state index is 0. The Hall–Kier alpha value is -3.19. The van der Waals surface area contributed by atoms with Gasteiger partial charge in [0, 0.05) is 33.1 Å². The topological polar surface area (TPSA) is 51.8 Å². The minimum atomic E-state index is -1.90. The third-order valence-electron chi connectivity index (χ3n) is 7.36. The van der Waals surface area contributed by atoms with Gasteiger partial charge in [0.2, 0.25) is 5.71 Å². The van der Waals surface area contributed by atoms with Gasteiger partial charge in [-0.2, -0.15) is 0 Å². The second-order valence-electron chi connectivity index (χ2n) is 13.6. The van der Waals surface area contributed by atoms with Crippen LogP contribution in [0.5, 0.6) is 0 Å². The number of aromatic nitrogens is 3. The Bertz CT molecular complexity index is 1960. The van der Waals surface area contributed by atoms with Crippen molar-refractivity contribution in [3.63, 3.8) is 0 Å². The van der Waals surface area contributed by atoms with Crippen LogP contribution in [0.15, 0.2) is 83.7 Å². The van der Waals surface area contributed by atoms with Crippen molar-refractivity contribution in [1.29, 1.82) is 0 Å². The summed E-state index contributed by atoms with van der Waals surface area (Å²) in [4.78, 5) is 13.1. The van der Waals surface area contributed by atoms with Crippen LogP contribution in [-0.4, -0.2) is 28.2 Å². The Morgan fingerprint density at radius 1 is 0.911 bits per heavy atom. The molecule has 1 radical (unpaired) electrons. The molecule has 6 rings (SSSR count). The van der Waals surface area contributed by atoms with E-state index in [-0.39, 0.29) is 25.7 Å². The molecule has 0 N–H and O–H groups in total. The largest absolute Gasteiger partial charge is 0.486 e. The Morgan fingerprint density at radius 2 is 1.67 bits per heavy atom. The van der Waals surface area contributed by atoms with Crippen LogP contribution in [0.2, 0.25) is 17.3 Å². The molecule has 0 saturated carbocycles. The van der Waals surface area contributed by atoms with E-state index in [1.807, 2.05) is 36.4 Å². The summed E-state index contributed by atoms with van der Waals surface area (Å²) in [5.41, 5.74) is 6.50. The fourth-order valence-electron chi connectivity index (χ4n) is 5.31. The Morgan fingerprint density at radius 3 is 2.33 bits per heavy atom. The molecule has 0 fully saturated rings. The Labute approximate surface area is 284 Å². The normalized spacial score (nSPS) is 12.3. The van der Waals surface area contributed by atoms with E-state index < -0.39 is 25.0 Å². The maximum atomic E-state index is 14.0. The van der Waals surface area contributed by atoms with Gasteiger partial charge < -0.3 is 9.40 Å². The molecule has 0 bridgehead atoms. The molecule has 4 aromatic heterocycles. The van der Waals surface area contributed by atoms with Crippen LogP contribution in [0.25, 0.3) is 44.6 Å². The number of fused-ring (bicyclic) bond motifs is 3. The summed E-state index contributed by atoms with van der Waals surface area (Å²) in [6, 6.07) is 25.9. The number of halogens is 1. The van der Waals surface area contributed by atoms with Crippen molar-refractivity contribution in [3.8, 4) is 22.5 Å². The Balaban J connectivity index is 0.000000207. The van der Waals surface area contributed by atoms with E-state index in [1.54, 1.807) is 32.2 Å². The summed E-state index contributed by atoms with van der Waals surface area (Å²) >= 11 is -1.90. The SMILES string of the molecule is CC(C)(C)Cc1cc(-c2[c-]cccc2)nc[c]1[Ge]([CH3])([CH3])[CH3].[2H]C(C)(C)c1cc(-c2[c-]ccc3c2oc2ncccc23)ncc1F.[Ir]. The monoisotopic (exact) mass is 841 g/mol. The third kappa shape index (κ3) is 8.16. The van der Waals surface area contributed by atoms with Gasteiger partial charge in [0.25, 0.3) is 0 Å². The van der Waals surface area contributed by atoms with Gasteiger partial charge in [-0.1, -0.05) is 30.9 Å². The van der Waals surface area contributed by atoms with E-state index >= 15 is 0 Å². The molecule has 0 aliphatic carbocycles. The summed E-state index contributed by atoms with van der Waals surface area (Å²) in [5.74, 6) is 5.77. The number of rotatable bonds is 5. The van der Waals surface area contributed by atoms with Crippen LogP contribution in [0.3, 0.4) is 0 Å². The minimum Gasteiger partial charge on any atom is -0.486 e. The molecule has 235 valence electrons. The van der Waals surface area contributed by atoms with E-state index in [1.165, 1.54) is 9.96 Å². The maximum absolute atomic E-state index is 14.0. The summed E-state index contributed by atoms with van der Waals surface area (Å²) in [7, 11) is 0. The van der Waals surface area contributed by atoms with E-state index in [2.05, 4.69) is 78.5 Å². The molecule has 4 heterocycles. The molecule has 0 amide bonds. The van der Waals surface area contributed by atoms with Crippen molar-refractivity contribution in [2.45, 2.75) is 64.2 Å². The van der Waals surface area contributed by atoms with Gasteiger partial charge in [0.1, 0.15) is 5.82 Å². The summed E-state index contributed by atoms with van der Waals surface area (Å²) < 4.78 is 29.6. The third-order valence-corrected chi connectivity index (χ3v) is 11.7. The van der Waals surface area contributed by atoms with Crippen LogP contribution >= 0.6 is 0 Å². The first kappa shape index (κ1) is 33.2. The van der Waals surface area contributed by atoms with Crippen molar-refractivity contribution in [3.05, 3.63) is 108 Å². The van der Waals surface area contributed by atoms with Gasteiger partial charge in [0.15, 0.2) is 0 Å². The van der Waals surface area contributed by atoms with E-state index in [0.717, 1.165) is 34.6 Å². The molecule has 4 nitrogen and oxygen atoms in total. The number of benzene rings is 2. The maximum Gasteiger partial charge on any atom is 0.216 e. The first-order chi connectivity index (χ1) is 21.1. The van der Waals surface area contributed by atoms with Crippen molar-refractivity contribution in [2.75, 3.05) is 0 Å². The van der Waals surface area contributed by atoms with Gasteiger partial charge >= 0.3 is 132 Å². The van der Waals surface area contributed by atoms with Crippen molar-refractivity contribution in [1.82, 2.24) is 15.0 Å². The van der Waals surface area contributed by atoms with Crippen LogP contribution in [0, 0.1) is 23.4 Å².